The smallest absolute Gasteiger partial charge is 0.239 e. The summed E-state index contributed by atoms with van der Waals surface area (Å²) >= 11 is 0. The molecule has 3 N–H and O–H groups in total. The normalized spacial score (nSPS) is 11.6. The minimum Gasteiger partial charge on any atom is -0.496 e. The van der Waals surface area contributed by atoms with Gasteiger partial charge < -0.3 is 15.8 Å². The molecule has 17 heavy (non-hydrogen) atoms. The van der Waals surface area contributed by atoms with E-state index in [1.165, 1.54) is 0 Å². The number of ether oxygens (including phenoxy) is 1. The first-order chi connectivity index (χ1) is 8.04. The number of carbonyl (C=O) groups is 2. The Morgan fingerprint density at radius 1 is 1.41 bits per heavy atom. The van der Waals surface area contributed by atoms with Gasteiger partial charge >= 0.3 is 0 Å². The lowest BCUT2D eigenvalue weighted by atomic mass is 10.1. The standard InChI is InChI=1S/C12H16N2O3/c1-8(12(13)16)14-11(15)7-9-5-3-4-6-10(9)17-2/h3-6,8H,7H2,1-2H3,(H2,13,16)(H,14,15)/t8-/m0/s1. The number of para-hydroxylation sites is 1. The number of primary amides is 1. The Labute approximate surface area is 99.9 Å². The van der Waals surface area contributed by atoms with Crippen molar-refractivity contribution in [2.75, 3.05) is 7.11 Å². The molecule has 0 radical (unpaired) electrons. The molecule has 0 aromatic heterocycles. The molecule has 1 aromatic carbocycles. The lowest BCUT2D eigenvalue weighted by Crippen LogP contribution is -2.42. The molecule has 0 fully saturated rings. The molecule has 92 valence electrons. The number of methoxy groups -OCH3 is 1. The van der Waals surface area contributed by atoms with Crippen molar-refractivity contribution in [1.82, 2.24) is 5.32 Å². The summed E-state index contributed by atoms with van der Waals surface area (Å²) in [5, 5.41) is 2.51. The number of nitrogens with one attached hydrogen (secondary N) is 1. The molecular weight excluding hydrogens is 220 g/mol. The van der Waals surface area contributed by atoms with E-state index in [-0.39, 0.29) is 12.3 Å². The van der Waals surface area contributed by atoms with E-state index < -0.39 is 11.9 Å². The lowest BCUT2D eigenvalue weighted by molar-refractivity contribution is -0.126. The van der Waals surface area contributed by atoms with Crippen molar-refractivity contribution >= 4 is 11.8 Å². The Hall–Kier alpha value is -2.04. The predicted molar refractivity (Wildman–Crippen MR) is 63.5 cm³/mol. The SMILES string of the molecule is COc1ccccc1CC(=O)N[C@@H](C)C(N)=O. The number of hydrogen-bond donors (Lipinski definition) is 2. The summed E-state index contributed by atoms with van der Waals surface area (Å²) in [5.74, 6) is -0.173. The highest BCUT2D eigenvalue weighted by Crippen LogP contribution is 2.17. The molecule has 5 heteroatoms. The third-order valence-corrected chi connectivity index (χ3v) is 2.35. The van der Waals surface area contributed by atoms with Gasteiger partial charge in [-0.15, -0.1) is 0 Å². The van der Waals surface area contributed by atoms with Crippen molar-refractivity contribution in [3.8, 4) is 5.75 Å². The van der Waals surface area contributed by atoms with Crippen molar-refractivity contribution in [3.63, 3.8) is 0 Å². The molecule has 1 rings (SSSR count). The summed E-state index contributed by atoms with van der Waals surface area (Å²) in [4.78, 5) is 22.4. The van der Waals surface area contributed by atoms with Gasteiger partial charge in [-0.1, -0.05) is 18.2 Å². The average Bonchev–Trinajstić information content (AvgIpc) is 2.29. The first kappa shape index (κ1) is 13.0. The highest BCUT2D eigenvalue weighted by atomic mass is 16.5. The van der Waals surface area contributed by atoms with E-state index in [1.54, 1.807) is 26.2 Å². The first-order valence-electron chi connectivity index (χ1n) is 5.25. The molecule has 0 unspecified atom stereocenters. The molecular formula is C12H16N2O3. The molecule has 0 aliphatic carbocycles. The molecule has 5 nitrogen and oxygen atoms in total. The number of benzene rings is 1. The molecule has 0 heterocycles. The van der Waals surface area contributed by atoms with E-state index in [9.17, 15) is 9.59 Å². The second-order valence-corrected chi connectivity index (χ2v) is 3.68. The molecule has 0 aliphatic heterocycles. The second-order valence-electron chi connectivity index (χ2n) is 3.68. The van der Waals surface area contributed by atoms with Crippen LogP contribution in [0, 0.1) is 0 Å². The van der Waals surface area contributed by atoms with Gasteiger partial charge in [0.05, 0.1) is 13.5 Å². The summed E-state index contributed by atoms with van der Waals surface area (Å²) in [7, 11) is 1.54. The zero-order chi connectivity index (χ0) is 12.8. The second kappa shape index (κ2) is 5.89. The fraction of sp³-hybridized carbons (Fsp3) is 0.333. The van der Waals surface area contributed by atoms with E-state index in [2.05, 4.69) is 5.32 Å². The Morgan fingerprint density at radius 3 is 2.65 bits per heavy atom. The Kier molecular flexibility index (Phi) is 4.51. The predicted octanol–water partition coefficient (Wildman–Crippen LogP) is 0.228. The van der Waals surface area contributed by atoms with Crippen LogP contribution in [0.4, 0.5) is 0 Å². The summed E-state index contributed by atoms with van der Waals surface area (Å²) < 4.78 is 5.13. The van der Waals surface area contributed by atoms with E-state index in [4.69, 9.17) is 10.5 Å². The lowest BCUT2D eigenvalue weighted by Gasteiger charge is -2.11. The van der Waals surface area contributed by atoms with Gasteiger partial charge in [-0.3, -0.25) is 9.59 Å². The van der Waals surface area contributed by atoms with Crippen molar-refractivity contribution in [2.45, 2.75) is 19.4 Å². The van der Waals surface area contributed by atoms with Crippen molar-refractivity contribution in [1.29, 1.82) is 0 Å². The Balaban J connectivity index is 2.65. The van der Waals surface area contributed by atoms with Crippen molar-refractivity contribution < 1.29 is 14.3 Å². The molecule has 0 saturated carbocycles. The minimum atomic E-state index is -0.669. The van der Waals surface area contributed by atoms with Gasteiger partial charge in [-0.05, 0) is 13.0 Å². The van der Waals surface area contributed by atoms with Crippen LogP contribution < -0.4 is 15.8 Å². The van der Waals surface area contributed by atoms with Crippen LogP contribution in [0.5, 0.6) is 5.75 Å². The van der Waals surface area contributed by atoms with E-state index in [0.29, 0.717) is 5.75 Å². The van der Waals surface area contributed by atoms with Gasteiger partial charge in [-0.25, -0.2) is 0 Å². The third kappa shape index (κ3) is 3.79. The van der Waals surface area contributed by atoms with Crippen LogP contribution in [-0.4, -0.2) is 25.0 Å². The maximum absolute atomic E-state index is 11.6. The van der Waals surface area contributed by atoms with Crippen LogP contribution in [0.3, 0.4) is 0 Å². The third-order valence-electron chi connectivity index (χ3n) is 2.35. The van der Waals surface area contributed by atoms with Gasteiger partial charge in [-0.2, -0.15) is 0 Å². The zero-order valence-corrected chi connectivity index (χ0v) is 9.90. The molecule has 0 saturated heterocycles. The maximum Gasteiger partial charge on any atom is 0.239 e. The maximum atomic E-state index is 11.6. The summed E-state index contributed by atoms with van der Waals surface area (Å²) in [5.41, 5.74) is 5.82. The largest absolute Gasteiger partial charge is 0.496 e. The Bertz CT molecular complexity index is 418. The molecule has 1 aromatic rings. The van der Waals surface area contributed by atoms with Crippen LogP contribution in [0.15, 0.2) is 24.3 Å². The molecule has 2 amide bonds. The number of rotatable bonds is 5. The molecule has 0 bridgehead atoms. The van der Waals surface area contributed by atoms with Crippen LogP contribution in [0.25, 0.3) is 0 Å². The molecule has 1 atom stereocenters. The fourth-order valence-corrected chi connectivity index (χ4v) is 1.39. The topological polar surface area (TPSA) is 81.4 Å². The summed E-state index contributed by atoms with van der Waals surface area (Å²) in [6.07, 6.45) is 0.154. The van der Waals surface area contributed by atoms with Crippen molar-refractivity contribution in [2.24, 2.45) is 5.73 Å². The van der Waals surface area contributed by atoms with Crippen LogP contribution in [-0.2, 0) is 16.0 Å². The van der Waals surface area contributed by atoms with E-state index in [1.807, 2.05) is 12.1 Å². The number of carbonyl (C=O) groups excluding carboxylic acids is 2. The van der Waals surface area contributed by atoms with Crippen LogP contribution >= 0.6 is 0 Å². The number of amides is 2. The van der Waals surface area contributed by atoms with Crippen molar-refractivity contribution in [3.05, 3.63) is 29.8 Å². The van der Waals surface area contributed by atoms with Gasteiger partial charge in [0.15, 0.2) is 0 Å². The van der Waals surface area contributed by atoms with Crippen LogP contribution in [0.2, 0.25) is 0 Å². The molecule has 0 aliphatic rings. The van der Waals surface area contributed by atoms with Gasteiger partial charge in [0.1, 0.15) is 11.8 Å². The number of nitrogens with two attached hydrogens (primary N) is 1. The minimum absolute atomic E-state index is 0.154. The van der Waals surface area contributed by atoms with E-state index >= 15 is 0 Å². The monoisotopic (exact) mass is 236 g/mol. The van der Waals surface area contributed by atoms with Gasteiger partial charge in [0.25, 0.3) is 0 Å². The fourth-order valence-electron chi connectivity index (χ4n) is 1.39. The Morgan fingerprint density at radius 2 is 2.06 bits per heavy atom. The molecule has 0 spiro atoms. The quantitative estimate of drug-likeness (QED) is 0.767. The first-order valence-corrected chi connectivity index (χ1v) is 5.25. The average molecular weight is 236 g/mol. The highest BCUT2D eigenvalue weighted by molar-refractivity contribution is 5.87. The van der Waals surface area contributed by atoms with Gasteiger partial charge in [0.2, 0.25) is 11.8 Å². The summed E-state index contributed by atoms with van der Waals surface area (Å²) in [6.45, 7) is 1.54. The number of hydrogen-bond acceptors (Lipinski definition) is 3. The zero-order valence-electron chi connectivity index (χ0n) is 9.90. The van der Waals surface area contributed by atoms with Gasteiger partial charge in [0, 0.05) is 5.56 Å². The van der Waals surface area contributed by atoms with E-state index in [0.717, 1.165) is 5.56 Å². The van der Waals surface area contributed by atoms with Crippen LogP contribution in [0.1, 0.15) is 12.5 Å². The summed E-state index contributed by atoms with van der Waals surface area (Å²) in [6, 6.07) is 6.56. The highest BCUT2D eigenvalue weighted by Gasteiger charge is 2.13.